The van der Waals surface area contributed by atoms with Gasteiger partial charge >= 0.3 is 0 Å². The van der Waals surface area contributed by atoms with Crippen LogP contribution in [-0.2, 0) is 29.7 Å². The molecule has 11 heteroatoms. The average molecular weight is 459 g/mol. The molecule has 2 aliphatic heterocycles. The maximum Gasteiger partial charge on any atom is 0.256 e. The Morgan fingerprint density at radius 3 is 2.14 bits per heavy atom. The summed E-state index contributed by atoms with van der Waals surface area (Å²) in [5.41, 5.74) is 2.84. The van der Waals surface area contributed by atoms with Gasteiger partial charge in [-0.3, -0.25) is 0 Å². The standard InChI is InChI=1S/C18H22N2O6S3/c21-27(22)9-7-16(12-27)19-20(17-8-10-28(23,24)13-17)29(25,26)18-6-5-14-3-1-2-4-15(14)11-18/h1-6,11,16-17,19H,7-10,12-13H2/t16-,17-/m0/s1. The summed E-state index contributed by atoms with van der Waals surface area (Å²) in [6, 6.07) is 10.7. The summed E-state index contributed by atoms with van der Waals surface area (Å²) < 4.78 is 75.5. The molecule has 2 aromatic carbocycles. The van der Waals surface area contributed by atoms with Crippen LogP contribution in [0.4, 0.5) is 0 Å². The van der Waals surface area contributed by atoms with E-state index in [1.807, 2.05) is 18.2 Å². The van der Waals surface area contributed by atoms with Gasteiger partial charge in [0.15, 0.2) is 19.7 Å². The van der Waals surface area contributed by atoms with Crippen molar-refractivity contribution < 1.29 is 25.3 Å². The number of hydrogen-bond donors (Lipinski definition) is 1. The molecule has 8 nitrogen and oxygen atoms in total. The molecule has 29 heavy (non-hydrogen) atoms. The predicted molar refractivity (Wildman–Crippen MR) is 110 cm³/mol. The zero-order chi connectivity index (χ0) is 20.9. The Morgan fingerprint density at radius 2 is 1.52 bits per heavy atom. The van der Waals surface area contributed by atoms with E-state index < -0.39 is 41.8 Å². The minimum Gasteiger partial charge on any atom is -0.237 e. The molecule has 2 heterocycles. The van der Waals surface area contributed by atoms with Crippen LogP contribution in [0.25, 0.3) is 10.8 Å². The van der Waals surface area contributed by atoms with E-state index >= 15 is 0 Å². The molecular formula is C18H22N2O6S3. The first kappa shape index (κ1) is 20.7. The van der Waals surface area contributed by atoms with Crippen molar-refractivity contribution in [3.63, 3.8) is 0 Å². The van der Waals surface area contributed by atoms with Gasteiger partial charge in [-0.15, -0.1) is 4.41 Å². The number of hydrazine groups is 1. The zero-order valence-corrected chi connectivity index (χ0v) is 18.0. The lowest BCUT2D eigenvalue weighted by Crippen LogP contribution is -2.54. The average Bonchev–Trinajstić information content (AvgIpc) is 3.19. The number of sulfonamides is 1. The van der Waals surface area contributed by atoms with Crippen LogP contribution in [0.15, 0.2) is 47.4 Å². The molecule has 0 amide bonds. The summed E-state index contributed by atoms with van der Waals surface area (Å²) >= 11 is 0. The van der Waals surface area contributed by atoms with Crippen molar-refractivity contribution in [2.45, 2.75) is 29.8 Å². The Balaban J connectivity index is 1.71. The van der Waals surface area contributed by atoms with Crippen LogP contribution in [0.5, 0.6) is 0 Å². The molecule has 0 bridgehead atoms. The van der Waals surface area contributed by atoms with Gasteiger partial charge in [-0.1, -0.05) is 30.3 Å². The predicted octanol–water partition coefficient (Wildman–Crippen LogP) is 0.709. The Kier molecular flexibility index (Phi) is 5.23. The van der Waals surface area contributed by atoms with E-state index in [0.29, 0.717) is 0 Å². The minimum absolute atomic E-state index is 0.0164. The zero-order valence-electron chi connectivity index (χ0n) is 15.6. The van der Waals surface area contributed by atoms with Crippen LogP contribution in [0.1, 0.15) is 12.8 Å². The second-order valence-electron chi connectivity index (χ2n) is 7.60. The molecule has 158 valence electrons. The van der Waals surface area contributed by atoms with Gasteiger partial charge < -0.3 is 0 Å². The number of nitrogens with one attached hydrogen (secondary N) is 1. The van der Waals surface area contributed by atoms with E-state index in [9.17, 15) is 25.3 Å². The molecule has 4 rings (SSSR count). The summed E-state index contributed by atoms with van der Waals surface area (Å²) in [6.07, 6.45) is 0.452. The van der Waals surface area contributed by atoms with E-state index in [0.717, 1.165) is 15.2 Å². The Bertz CT molecular complexity index is 1260. The number of hydrogen-bond acceptors (Lipinski definition) is 7. The van der Waals surface area contributed by atoms with Crippen LogP contribution in [0.2, 0.25) is 0 Å². The quantitative estimate of drug-likeness (QED) is 0.656. The van der Waals surface area contributed by atoms with Crippen molar-refractivity contribution in [1.82, 2.24) is 9.84 Å². The van der Waals surface area contributed by atoms with Gasteiger partial charge in [0, 0.05) is 6.04 Å². The van der Waals surface area contributed by atoms with E-state index in [-0.39, 0.29) is 40.7 Å². The Morgan fingerprint density at radius 1 is 0.862 bits per heavy atom. The molecule has 2 aromatic rings. The molecule has 2 fully saturated rings. The molecule has 2 aliphatic rings. The normalized spacial score (nSPS) is 26.2. The summed E-state index contributed by atoms with van der Waals surface area (Å²) in [6.45, 7) is 0. The van der Waals surface area contributed by atoms with Crippen molar-refractivity contribution >= 4 is 40.5 Å². The van der Waals surface area contributed by atoms with Gasteiger partial charge in [0.25, 0.3) is 10.0 Å². The van der Waals surface area contributed by atoms with Crippen molar-refractivity contribution in [3.05, 3.63) is 42.5 Å². The number of fused-ring (bicyclic) bond motifs is 1. The molecule has 0 saturated carbocycles. The maximum atomic E-state index is 13.4. The number of sulfone groups is 2. The second kappa shape index (κ2) is 7.31. The van der Waals surface area contributed by atoms with Crippen LogP contribution in [0.3, 0.4) is 0 Å². The highest BCUT2D eigenvalue weighted by Crippen LogP contribution is 2.27. The van der Waals surface area contributed by atoms with Crippen molar-refractivity contribution in [2.75, 3.05) is 23.0 Å². The molecule has 0 aliphatic carbocycles. The Hall–Kier alpha value is -1.53. The lowest BCUT2D eigenvalue weighted by Gasteiger charge is -2.30. The van der Waals surface area contributed by atoms with Gasteiger partial charge in [-0.05, 0) is 35.7 Å². The van der Waals surface area contributed by atoms with Gasteiger partial charge in [-0.2, -0.15) is 0 Å². The fourth-order valence-corrected chi connectivity index (χ4v) is 8.91. The van der Waals surface area contributed by atoms with Gasteiger partial charge in [0.1, 0.15) is 0 Å². The van der Waals surface area contributed by atoms with Crippen molar-refractivity contribution in [2.24, 2.45) is 0 Å². The van der Waals surface area contributed by atoms with E-state index in [4.69, 9.17) is 0 Å². The van der Waals surface area contributed by atoms with Gasteiger partial charge in [-0.25, -0.2) is 30.7 Å². The maximum absolute atomic E-state index is 13.4. The fraction of sp³-hybridized carbons (Fsp3) is 0.444. The van der Waals surface area contributed by atoms with E-state index in [1.54, 1.807) is 18.2 Å². The van der Waals surface area contributed by atoms with Crippen LogP contribution >= 0.6 is 0 Å². The highest BCUT2D eigenvalue weighted by atomic mass is 32.2. The molecule has 0 unspecified atom stereocenters. The first-order chi connectivity index (χ1) is 13.6. The molecular weight excluding hydrogens is 436 g/mol. The molecule has 0 aromatic heterocycles. The summed E-state index contributed by atoms with van der Waals surface area (Å²) in [5, 5.41) is 1.63. The molecule has 0 radical (unpaired) electrons. The number of benzene rings is 2. The number of rotatable bonds is 5. The van der Waals surface area contributed by atoms with Crippen molar-refractivity contribution in [1.29, 1.82) is 0 Å². The molecule has 2 saturated heterocycles. The third kappa shape index (κ3) is 4.33. The van der Waals surface area contributed by atoms with E-state index in [1.165, 1.54) is 6.07 Å². The number of nitrogens with zero attached hydrogens (tertiary/aromatic N) is 1. The summed E-state index contributed by atoms with van der Waals surface area (Å²) in [7, 11) is -10.7. The van der Waals surface area contributed by atoms with Crippen LogP contribution in [-0.4, -0.2) is 64.8 Å². The molecule has 1 N–H and O–H groups in total. The highest BCUT2D eigenvalue weighted by molar-refractivity contribution is 7.92. The van der Waals surface area contributed by atoms with Gasteiger partial charge in [0.2, 0.25) is 0 Å². The first-order valence-corrected chi connectivity index (χ1v) is 14.3. The first-order valence-electron chi connectivity index (χ1n) is 9.26. The third-order valence-corrected chi connectivity index (χ3v) is 10.6. The topological polar surface area (TPSA) is 118 Å². The Labute approximate surface area is 170 Å². The van der Waals surface area contributed by atoms with Crippen molar-refractivity contribution in [3.8, 4) is 0 Å². The molecule has 2 atom stereocenters. The van der Waals surface area contributed by atoms with Crippen LogP contribution in [0, 0.1) is 0 Å². The third-order valence-electron chi connectivity index (χ3n) is 5.36. The lowest BCUT2D eigenvalue weighted by atomic mass is 10.1. The largest absolute Gasteiger partial charge is 0.256 e. The highest BCUT2D eigenvalue weighted by Gasteiger charge is 2.41. The summed E-state index contributed by atoms with van der Waals surface area (Å²) in [4.78, 5) is 0.0360. The molecule has 0 spiro atoms. The smallest absolute Gasteiger partial charge is 0.237 e. The fourth-order valence-electron chi connectivity index (χ4n) is 3.85. The minimum atomic E-state index is -4.09. The van der Waals surface area contributed by atoms with Crippen LogP contribution < -0.4 is 5.43 Å². The van der Waals surface area contributed by atoms with Gasteiger partial charge in [0.05, 0.1) is 33.9 Å². The summed E-state index contributed by atoms with van der Waals surface area (Å²) in [5.74, 6) is -0.563. The second-order valence-corrected chi connectivity index (χ2v) is 13.9. The SMILES string of the molecule is O=S1(=O)CC[C@H](NN([C@H]2CCS(=O)(=O)C2)S(=O)(=O)c2ccc3ccccc3c2)C1. The lowest BCUT2D eigenvalue weighted by molar-refractivity contribution is 0.229. The van der Waals surface area contributed by atoms with E-state index in [2.05, 4.69) is 5.43 Å². The monoisotopic (exact) mass is 458 g/mol.